The van der Waals surface area contributed by atoms with Crippen molar-refractivity contribution >= 4 is 11.7 Å². The molecule has 0 amide bonds. The van der Waals surface area contributed by atoms with Crippen LogP contribution in [0.1, 0.15) is 11.1 Å². The molecule has 2 aromatic carbocycles. The molecule has 0 bridgehead atoms. The van der Waals surface area contributed by atoms with Crippen LogP contribution >= 0.6 is 0 Å². The Labute approximate surface area is 105 Å². The quantitative estimate of drug-likeness (QED) is 0.485. The van der Waals surface area contributed by atoms with Gasteiger partial charge < -0.3 is 11.5 Å². The Bertz CT molecular complexity index is 602. The maximum absolute atomic E-state index is 7.69. The van der Waals surface area contributed by atoms with E-state index in [1.54, 1.807) is 6.07 Å². The van der Waals surface area contributed by atoms with E-state index < -0.39 is 0 Å². The molecule has 0 atom stereocenters. The molecular weight excluding hydrogens is 224 g/mol. The van der Waals surface area contributed by atoms with Crippen LogP contribution < -0.4 is 11.5 Å². The second-order valence-electron chi connectivity index (χ2n) is 3.92. The molecule has 18 heavy (non-hydrogen) atoms. The lowest BCUT2D eigenvalue weighted by Gasteiger charge is -2.13. The molecule has 0 spiro atoms. The van der Waals surface area contributed by atoms with Gasteiger partial charge in [0.2, 0.25) is 0 Å². The van der Waals surface area contributed by atoms with Gasteiger partial charge in [0, 0.05) is 11.1 Å². The van der Waals surface area contributed by atoms with Crippen LogP contribution in [0, 0.1) is 10.8 Å². The normalized spacial score (nSPS) is 10.0. The molecule has 0 aliphatic heterocycles. The number of hydrogen-bond acceptors (Lipinski definition) is 2. The summed E-state index contributed by atoms with van der Waals surface area (Å²) in [6.45, 7) is 0. The van der Waals surface area contributed by atoms with Crippen molar-refractivity contribution in [1.82, 2.24) is 0 Å². The minimum Gasteiger partial charge on any atom is -0.384 e. The van der Waals surface area contributed by atoms with E-state index in [0.29, 0.717) is 11.1 Å². The number of nitrogens with one attached hydrogen (secondary N) is 2. The minimum atomic E-state index is -0.0852. The number of nitrogens with two attached hydrogens (primary N) is 2. The molecule has 0 saturated carbocycles. The van der Waals surface area contributed by atoms with Gasteiger partial charge >= 0.3 is 0 Å². The highest BCUT2D eigenvalue weighted by Crippen LogP contribution is 2.25. The fourth-order valence-corrected chi connectivity index (χ4v) is 1.93. The summed E-state index contributed by atoms with van der Waals surface area (Å²) in [7, 11) is 0. The molecule has 0 fully saturated rings. The molecule has 0 unspecified atom stereocenters. The third-order valence-electron chi connectivity index (χ3n) is 2.71. The zero-order valence-electron chi connectivity index (χ0n) is 9.77. The fraction of sp³-hybridized carbons (Fsp3) is 0. The van der Waals surface area contributed by atoms with Gasteiger partial charge in [0.05, 0.1) is 0 Å². The monoisotopic (exact) mass is 238 g/mol. The van der Waals surface area contributed by atoms with E-state index in [1.165, 1.54) is 0 Å². The van der Waals surface area contributed by atoms with Crippen molar-refractivity contribution in [2.24, 2.45) is 11.5 Å². The van der Waals surface area contributed by atoms with E-state index in [9.17, 15) is 0 Å². The predicted molar refractivity (Wildman–Crippen MR) is 73.9 cm³/mol. The summed E-state index contributed by atoms with van der Waals surface area (Å²) in [6.07, 6.45) is 0. The lowest BCUT2D eigenvalue weighted by Crippen LogP contribution is -2.21. The first kappa shape index (κ1) is 11.9. The molecule has 2 aromatic rings. The Balaban J connectivity index is 2.72. The first-order valence-electron chi connectivity index (χ1n) is 5.48. The second-order valence-corrected chi connectivity index (χ2v) is 3.92. The van der Waals surface area contributed by atoms with E-state index in [4.69, 9.17) is 22.3 Å². The van der Waals surface area contributed by atoms with Crippen LogP contribution in [0.2, 0.25) is 0 Å². The number of rotatable bonds is 3. The largest absolute Gasteiger partial charge is 0.384 e. The van der Waals surface area contributed by atoms with Gasteiger partial charge in [-0.25, -0.2) is 0 Å². The van der Waals surface area contributed by atoms with Gasteiger partial charge in [-0.1, -0.05) is 48.5 Å². The molecular formula is C14H14N4. The average Bonchev–Trinajstić information content (AvgIpc) is 2.38. The molecule has 2 rings (SSSR count). The van der Waals surface area contributed by atoms with Crippen molar-refractivity contribution in [3.63, 3.8) is 0 Å². The summed E-state index contributed by atoms with van der Waals surface area (Å²) in [5.74, 6) is -0.169. The van der Waals surface area contributed by atoms with Crippen LogP contribution in [0.4, 0.5) is 0 Å². The summed E-state index contributed by atoms with van der Waals surface area (Å²) in [5.41, 5.74) is 13.9. The highest BCUT2D eigenvalue weighted by Gasteiger charge is 2.13. The van der Waals surface area contributed by atoms with Gasteiger partial charge in [-0.3, -0.25) is 10.8 Å². The molecule has 0 aromatic heterocycles. The predicted octanol–water partition coefficient (Wildman–Crippen LogP) is 1.92. The minimum absolute atomic E-state index is 0.0837. The number of benzene rings is 2. The fourth-order valence-electron chi connectivity index (χ4n) is 1.93. The molecule has 0 saturated heterocycles. The molecule has 0 heterocycles. The smallest absolute Gasteiger partial charge is 0.124 e. The van der Waals surface area contributed by atoms with E-state index >= 15 is 0 Å². The molecule has 0 radical (unpaired) electrons. The van der Waals surface area contributed by atoms with Crippen molar-refractivity contribution < 1.29 is 0 Å². The van der Waals surface area contributed by atoms with Gasteiger partial charge in [-0.15, -0.1) is 0 Å². The van der Waals surface area contributed by atoms with Crippen molar-refractivity contribution in [3.05, 3.63) is 59.7 Å². The Morgan fingerprint density at radius 2 is 1.44 bits per heavy atom. The van der Waals surface area contributed by atoms with Crippen LogP contribution in [-0.2, 0) is 0 Å². The highest BCUT2D eigenvalue weighted by atomic mass is 14.7. The van der Waals surface area contributed by atoms with Crippen molar-refractivity contribution in [3.8, 4) is 11.1 Å². The average molecular weight is 238 g/mol. The zero-order valence-corrected chi connectivity index (χ0v) is 9.77. The SMILES string of the molecule is N=C(N)c1cccc(-c2ccccc2)c1C(=N)N. The van der Waals surface area contributed by atoms with Crippen LogP contribution in [0.5, 0.6) is 0 Å². The molecule has 0 aliphatic carbocycles. The molecule has 0 aliphatic rings. The Kier molecular flexibility index (Phi) is 3.10. The number of hydrogen-bond donors (Lipinski definition) is 4. The first-order chi connectivity index (χ1) is 8.61. The molecule has 90 valence electrons. The topological polar surface area (TPSA) is 99.7 Å². The van der Waals surface area contributed by atoms with Crippen LogP contribution in [0.15, 0.2) is 48.5 Å². The second kappa shape index (κ2) is 4.71. The summed E-state index contributed by atoms with van der Waals surface area (Å²) in [4.78, 5) is 0. The number of nitrogen functional groups attached to an aromatic ring is 2. The summed E-state index contributed by atoms with van der Waals surface area (Å²) < 4.78 is 0. The molecule has 4 heteroatoms. The van der Waals surface area contributed by atoms with Gasteiger partial charge in [0.15, 0.2) is 0 Å². The van der Waals surface area contributed by atoms with Gasteiger partial charge in [0.1, 0.15) is 11.7 Å². The number of amidine groups is 2. The maximum Gasteiger partial charge on any atom is 0.124 e. The standard InChI is InChI=1S/C14H14N4/c15-13(16)11-8-4-7-10(12(11)14(17)18)9-5-2-1-3-6-9/h1-8H,(H3,15,16)(H3,17,18). The maximum atomic E-state index is 7.69. The van der Waals surface area contributed by atoms with Crippen LogP contribution in [0.3, 0.4) is 0 Å². The Morgan fingerprint density at radius 1 is 0.778 bits per heavy atom. The summed E-state index contributed by atoms with van der Waals surface area (Å²) in [5, 5.41) is 15.2. The van der Waals surface area contributed by atoms with Gasteiger partial charge in [0.25, 0.3) is 0 Å². The third kappa shape index (κ3) is 2.08. The van der Waals surface area contributed by atoms with Crippen molar-refractivity contribution in [2.75, 3.05) is 0 Å². The van der Waals surface area contributed by atoms with E-state index in [1.807, 2.05) is 42.5 Å². The molecule has 6 N–H and O–H groups in total. The Hall–Kier alpha value is -2.62. The van der Waals surface area contributed by atoms with Crippen molar-refractivity contribution in [2.45, 2.75) is 0 Å². The Morgan fingerprint density at radius 3 is 2.00 bits per heavy atom. The first-order valence-corrected chi connectivity index (χ1v) is 5.48. The zero-order chi connectivity index (χ0) is 13.1. The lowest BCUT2D eigenvalue weighted by molar-refractivity contribution is 1.37. The molecule has 4 nitrogen and oxygen atoms in total. The third-order valence-corrected chi connectivity index (χ3v) is 2.71. The van der Waals surface area contributed by atoms with Gasteiger partial charge in [-0.05, 0) is 11.1 Å². The van der Waals surface area contributed by atoms with Crippen LogP contribution in [-0.4, -0.2) is 11.7 Å². The van der Waals surface area contributed by atoms with E-state index in [0.717, 1.165) is 11.1 Å². The van der Waals surface area contributed by atoms with Crippen molar-refractivity contribution in [1.29, 1.82) is 10.8 Å². The van der Waals surface area contributed by atoms with E-state index in [-0.39, 0.29) is 11.7 Å². The summed E-state index contributed by atoms with van der Waals surface area (Å²) >= 11 is 0. The van der Waals surface area contributed by atoms with Crippen LogP contribution in [0.25, 0.3) is 11.1 Å². The van der Waals surface area contributed by atoms with E-state index in [2.05, 4.69) is 0 Å². The lowest BCUT2D eigenvalue weighted by atomic mass is 9.94. The highest BCUT2D eigenvalue weighted by molar-refractivity contribution is 6.12. The summed E-state index contributed by atoms with van der Waals surface area (Å²) in [6, 6.07) is 15.0. The van der Waals surface area contributed by atoms with Gasteiger partial charge in [-0.2, -0.15) is 0 Å².